The van der Waals surface area contributed by atoms with Crippen LogP contribution in [-0.4, -0.2) is 45.2 Å². The van der Waals surface area contributed by atoms with Crippen molar-refractivity contribution in [2.45, 2.75) is 63.1 Å². The van der Waals surface area contributed by atoms with E-state index in [4.69, 9.17) is 9.47 Å². The minimum atomic E-state index is -0.982. The number of Topliss-reactive ketones (excluding diaryl/α,β-unsaturated/α-hetero) is 1. The molecular weight excluding hydrogens is 665 g/mol. The van der Waals surface area contributed by atoms with E-state index in [0.29, 0.717) is 55.9 Å². The molecule has 0 spiro atoms. The number of aromatic nitrogens is 3. The van der Waals surface area contributed by atoms with E-state index in [-0.39, 0.29) is 10.7 Å². The van der Waals surface area contributed by atoms with E-state index < -0.39 is 23.5 Å². The molecule has 0 aliphatic carbocycles. The van der Waals surface area contributed by atoms with Crippen molar-refractivity contribution in [3.63, 3.8) is 0 Å². The molecule has 1 aliphatic heterocycles. The molecule has 1 N–H and O–H groups in total. The molecule has 1 atom stereocenters. The standard InChI is InChI=1S/C36H36N4O5S3/c1-5-7-10-18-45-27-17-16-24(19-28(27)44-6-2)30-29(31(41)33-21(3)37-22(4)47-33)32(42)34(43)40(30)35-38-39-36(48-35)46-20-25-14-11-13-23-12-8-9-15-26(23)25/h8-9,11-17,19,30,42H,5-7,10,18,20H2,1-4H3. The lowest BCUT2D eigenvalue weighted by atomic mass is 9.95. The Morgan fingerprint density at radius 3 is 2.56 bits per heavy atom. The number of fused-ring (bicyclic) bond motifs is 1. The molecule has 1 aliphatic rings. The Labute approximate surface area is 291 Å². The van der Waals surface area contributed by atoms with Gasteiger partial charge in [-0.15, -0.1) is 21.5 Å². The lowest BCUT2D eigenvalue weighted by Gasteiger charge is -2.25. The average molecular weight is 701 g/mol. The summed E-state index contributed by atoms with van der Waals surface area (Å²) in [6.07, 6.45) is 3.04. The normalized spacial score (nSPS) is 14.7. The monoisotopic (exact) mass is 700 g/mol. The molecular formula is C36H36N4O5S3. The molecule has 0 bridgehead atoms. The molecule has 1 unspecified atom stereocenters. The number of nitrogens with zero attached hydrogens (tertiary/aromatic N) is 4. The predicted octanol–water partition coefficient (Wildman–Crippen LogP) is 8.81. The number of hydrogen-bond donors (Lipinski definition) is 1. The van der Waals surface area contributed by atoms with Crippen LogP contribution >= 0.6 is 34.4 Å². The number of carbonyl (C=O) groups excluding carboxylic acids is 2. The highest BCUT2D eigenvalue weighted by atomic mass is 32.2. The molecule has 12 heteroatoms. The van der Waals surface area contributed by atoms with Gasteiger partial charge in [0.25, 0.3) is 5.91 Å². The van der Waals surface area contributed by atoms with Gasteiger partial charge in [-0.3, -0.25) is 14.5 Å². The van der Waals surface area contributed by atoms with Gasteiger partial charge in [-0.05, 0) is 61.2 Å². The Bertz CT molecular complexity index is 2000. The molecule has 5 aromatic rings. The molecule has 9 nitrogen and oxygen atoms in total. The second-order valence-corrected chi connectivity index (χ2v) is 14.7. The Kier molecular flexibility index (Phi) is 10.4. The van der Waals surface area contributed by atoms with E-state index in [0.717, 1.165) is 30.2 Å². The number of amides is 1. The summed E-state index contributed by atoms with van der Waals surface area (Å²) in [6, 6.07) is 18.8. The fourth-order valence-corrected chi connectivity index (χ4v) is 8.49. The summed E-state index contributed by atoms with van der Waals surface area (Å²) >= 11 is 3.99. The number of anilines is 1. The number of benzene rings is 3. The van der Waals surface area contributed by atoms with Crippen molar-refractivity contribution in [2.24, 2.45) is 0 Å². The van der Waals surface area contributed by atoms with Gasteiger partial charge in [-0.2, -0.15) is 0 Å². The van der Waals surface area contributed by atoms with E-state index in [1.807, 2.05) is 32.0 Å². The van der Waals surface area contributed by atoms with Gasteiger partial charge in [-0.25, -0.2) is 4.98 Å². The zero-order chi connectivity index (χ0) is 33.8. The summed E-state index contributed by atoms with van der Waals surface area (Å²) in [5.41, 5.74) is 2.24. The smallest absolute Gasteiger partial charge is 0.296 e. The van der Waals surface area contributed by atoms with Gasteiger partial charge in [0.15, 0.2) is 21.6 Å². The van der Waals surface area contributed by atoms with E-state index in [1.165, 1.54) is 44.7 Å². The molecule has 6 rings (SSSR count). The Balaban J connectivity index is 1.36. The van der Waals surface area contributed by atoms with Crippen LogP contribution < -0.4 is 14.4 Å². The van der Waals surface area contributed by atoms with Crippen LogP contribution in [0.5, 0.6) is 11.5 Å². The molecule has 3 heterocycles. The number of rotatable bonds is 14. The Hall–Kier alpha value is -4.26. The zero-order valence-electron chi connectivity index (χ0n) is 27.2. The summed E-state index contributed by atoms with van der Waals surface area (Å²) in [5, 5.41) is 23.5. The quantitative estimate of drug-likeness (QED) is 0.0525. The first-order chi connectivity index (χ1) is 23.3. The van der Waals surface area contributed by atoms with Gasteiger partial charge in [-0.1, -0.05) is 91.4 Å². The molecule has 0 fully saturated rings. The molecule has 1 amide bonds. The first kappa shape index (κ1) is 33.6. The lowest BCUT2D eigenvalue weighted by Crippen LogP contribution is -2.31. The topological polar surface area (TPSA) is 115 Å². The molecule has 3 aromatic carbocycles. The number of aryl methyl sites for hydroxylation is 2. The first-order valence-corrected chi connectivity index (χ1v) is 18.5. The second-order valence-electron chi connectivity index (χ2n) is 11.3. The summed E-state index contributed by atoms with van der Waals surface area (Å²) in [7, 11) is 0. The maximum Gasteiger partial charge on any atom is 0.296 e. The van der Waals surface area contributed by atoms with Gasteiger partial charge in [0.2, 0.25) is 10.9 Å². The number of ether oxygens (including phenoxy) is 2. The number of ketones is 1. The van der Waals surface area contributed by atoms with Crippen molar-refractivity contribution >= 4 is 62.0 Å². The largest absolute Gasteiger partial charge is 0.503 e. The Morgan fingerprint density at radius 1 is 0.979 bits per heavy atom. The first-order valence-electron chi connectivity index (χ1n) is 15.9. The van der Waals surface area contributed by atoms with Crippen LogP contribution in [0.1, 0.15) is 70.7 Å². The summed E-state index contributed by atoms with van der Waals surface area (Å²) < 4.78 is 12.7. The average Bonchev–Trinajstić information content (AvgIpc) is 3.77. The van der Waals surface area contributed by atoms with E-state index >= 15 is 0 Å². The third-order valence-electron chi connectivity index (χ3n) is 7.98. The predicted molar refractivity (Wildman–Crippen MR) is 192 cm³/mol. The SMILES string of the molecule is CCCCCOc1ccc(C2C(C(=O)c3sc(C)nc3C)=C(O)C(=O)N2c2nnc(SCc3cccc4ccccc34)s2)cc1OCC. The van der Waals surface area contributed by atoms with Crippen molar-refractivity contribution in [3.05, 3.63) is 98.7 Å². The summed E-state index contributed by atoms with van der Waals surface area (Å²) in [6.45, 7) is 8.52. The van der Waals surface area contributed by atoms with Crippen molar-refractivity contribution in [3.8, 4) is 11.5 Å². The number of unbranched alkanes of at least 4 members (excludes halogenated alkanes) is 2. The van der Waals surface area contributed by atoms with E-state index in [2.05, 4.69) is 46.4 Å². The van der Waals surface area contributed by atoms with Crippen molar-refractivity contribution in [1.29, 1.82) is 0 Å². The van der Waals surface area contributed by atoms with Crippen LogP contribution in [0.4, 0.5) is 5.13 Å². The minimum Gasteiger partial charge on any atom is -0.503 e. The van der Waals surface area contributed by atoms with Crippen LogP contribution in [0.2, 0.25) is 0 Å². The number of hydrogen-bond acceptors (Lipinski definition) is 11. The van der Waals surface area contributed by atoms with Crippen molar-refractivity contribution < 1.29 is 24.2 Å². The maximum atomic E-state index is 14.1. The van der Waals surface area contributed by atoms with Crippen LogP contribution in [-0.2, 0) is 10.5 Å². The molecule has 0 saturated heterocycles. The number of aliphatic hydroxyl groups excluding tert-OH is 1. The number of carbonyl (C=O) groups is 2. The highest BCUT2D eigenvalue weighted by Gasteiger charge is 2.47. The molecule has 48 heavy (non-hydrogen) atoms. The third kappa shape index (κ3) is 6.83. The van der Waals surface area contributed by atoms with Gasteiger partial charge >= 0.3 is 0 Å². The highest BCUT2D eigenvalue weighted by molar-refractivity contribution is 8.00. The summed E-state index contributed by atoms with van der Waals surface area (Å²) in [5.74, 6) is -0.0713. The maximum absolute atomic E-state index is 14.1. The van der Waals surface area contributed by atoms with Crippen LogP contribution in [0, 0.1) is 13.8 Å². The molecule has 248 valence electrons. The number of thioether (sulfide) groups is 1. The fraction of sp³-hybridized carbons (Fsp3) is 0.306. The molecule has 0 saturated carbocycles. The van der Waals surface area contributed by atoms with Crippen LogP contribution in [0.3, 0.4) is 0 Å². The molecule has 2 aromatic heterocycles. The van der Waals surface area contributed by atoms with Crippen molar-refractivity contribution in [1.82, 2.24) is 15.2 Å². The van der Waals surface area contributed by atoms with Gasteiger partial charge < -0.3 is 14.6 Å². The zero-order valence-corrected chi connectivity index (χ0v) is 29.6. The van der Waals surface area contributed by atoms with Crippen molar-refractivity contribution in [2.75, 3.05) is 18.1 Å². The van der Waals surface area contributed by atoms with E-state index in [9.17, 15) is 14.7 Å². The van der Waals surface area contributed by atoms with Crippen LogP contribution in [0.25, 0.3) is 10.8 Å². The lowest BCUT2D eigenvalue weighted by molar-refractivity contribution is -0.117. The molecule has 0 radical (unpaired) electrons. The summed E-state index contributed by atoms with van der Waals surface area (Å²) in [4.78, 5) is 34.2. The van der Waals surface area contributed by atoms with Gasteiger partial charge in [0.05, 0.1) is 40.4 Å². The minimum absolute atomic E-state index is 0.0361. The van der Waals surface area contributed by atoms with Gasteiger partial charge in [0.1, 0.15) is 0 Å². The highest BCUT2D eigenvalue weighted by Crippen LogP contribution is 2.46. The number of aliphatic hydroxyl groups is 1. The fourth-order valence-electron chi connectivity index (χ4n) is 5.75. The van der Waals surface area contributed by atoms with Crippen LogP contribution in [0.15, 0.2) is 76.3 Å². The van der Waals surface area contributed by atoms with E-state index in [1.54, 1.807) is 25.1 Å². The second kappa shape index (κ2) is 14.9. The number of thiazole rings is 1. The van der Waals surface area contributed by atoms with Gasteiger partial charge in [0, 0.05) is 5.75 Å². The third-order valence-corrected chi connectivity index (χ3v) is 11.2. The Morgan fingerprint density at radius 2 is 1.79 bits per heavy atom.